The van der Waals surface area contributed by atoms with Crippen LogP contribution in [0.3, 0.4) is 0 Å². The zero-order valence-corrected chi connectivity index (χ0v) is 10.4. The summed E-state index contributed by atoms with van der Waals surface area (Å²) < 4.78 is 0. The van der Waals surface area contributed by atoms with Gasteiger partial charge in [-0.15, -0.1) is 0 Å². The fourth-order valence-electron chi connectivity index (χ4n) is 1.41. The Morgan fingerprint density at radius 1 is 1.39 bits per heavy atom. The third-order valence-corrected chi connectivity index (χ3v) is 2.57. The van der Waals surface area contributed by atoms with Gasteiger partial charge in [-0.05, 0) is 24.6 Å². The number of nitrogen functional groups attached to an aromatic ring is 1. The maximum absolute atomic E-state index is 11.9. The Bertz CT molecular complexity index is 600. The van der Waals surface area contributed by atoms with Crippen LogP contribution in [0.25, 0.3) is 0 Å². The fraction of sp³-hybridized carbons (Fsp3) is 0.0833. The minimum atomic E-state index is -0.375. The highest BCUT2D eigenvalue weighted by molar-refractivity contribution is 6.31. The zero-order chi connectivity index (χ0) is 13.1. The van der Waals surface area contributed by atoms with Gasteiger partial charge in [0.2, 0.25) is 0 Å². The van der Waals surface area contributed by atoms with E-state index in [1.54, 1.807) is 12.1 Å². The molecule has 0 aliphatic heterocycles. The summed E-state index contributed by atoms with van der Waals surface area (Å²) in [4.78, 5) is 19.6. The second-order valence-corrected chi connectivity index (χ2v) is 4.18. The van der Waals surface area contributed by atoms with Crippen molar-refractivity contribution < 1.29 is 4.79 Å². The van der Waals surface area contributed by atoms with Gasteiger partial charge in [-0.3, -0.25) is 9.78 Å². The third-order valence-electron chi connectivity index (χ3n) is 2.33. The minimum absolute atomic E-state index is 0.161. The Morgan fingerprint density at radius 2 is 2.17 bits per heavy atom. The SMILES string of the molecule is Cc1ccc(Cl)cc1NC(=O)c1cncc(N)n1. The first kappa shape index (κ1) is 12.3. The van der Waals surface area contributed by atoms with E-state index in [1.807, 2.05) is 13.0 Å². The first-order valence-corrected chi connectivity index (χ1v) is 5.59. The predicted octanol–water partition coefficient (Wildman–Crippen LogP) is 2.27. The lowest BCUT2D eigenvalue weighted by atomic mass is 10.2. The van der Waals surface area contributed by atoms with E-state index in [1.165, 1.54) is 12.4 Å². The van der Waals surface area contributed by atoms with Crippen LogP contribution in [0.15, 0.2) is 30.6 Å². The van der Waals surface area contributed by atoms with Crippen LogP contribution in [0.5, 0.6) is 0 Å². The number of aryl methyl sites for hydroxylation is 1. The summed E-state index contributed by atoms with van der Waals surface area (Å²) in [6.45, 7) is 1.87. The van der Waals surface area contributed by atoms with E-state index >= 15 is 0 Å². The van der Waals surface area contributed by atoms with Crippen LogP contribution in [-0.2, 0) is 0 Å². The molecule has 2 rings (SSSR count). The van der Waals surface area contributed by atoms with E-state index in [4.69, 9.17) is 17.3 Å². The van der Waals surface area contributed by atoms with Crippen molar-refractivity contribution >= 4 is 29.0 Å². The Hall–Kier alpha value is -2.14. The van der Waals surface area contributed by atoms with E-state index in [2.05, 4.69) is 15.3 Å². The largest absolute Gasteiger partial charge is 0.382 e. The number of carbonyl (C=O) groups is 1. The van der Waals surface area contributed by atoms with E-state index in [9.17, 15) is 4.79 Å². The van der Waals surface area contributed by atoms with Crippen molar-refractivity contribution in [3.8, 4) is 0 Å². The molecule has 0 saturated carbocycles. The molecule has 2 aromatic rings. The quantitative estimate of drug-likeness (QED) is 0.870. The highest BCUT2D eigenvalue weighted by Gasteiger charge is 2.10. The number of anilines is 2. The lowest BCUT2D eigenvalue weighted by molar-refractivity contribution is 0.102. The molecule has 0 saturated heterocycles. The van der Waals surface area contributed by atoms with E-state index in [-0.39, 0.29) is 17.4 Å². The average molecular weight is 263 g/mol. The maximum atomic E-state index is 11.9. The molecule has 6 heteroatoms. The molecule has 5 nitrogen and oxygen atoms in total. The first-order chi connectivity index (χ1) is 8.56. The summed E-state index contributed by atoms with van der Waals surface area (Å²) in [5.41, 5.74) is 7.17. The van der Waals surface area contributed by atoms with Gasteiger partial charge in [0.15, 0.2) is 0 Å². The molecule has 0 aliphatic rings. The van der Waals surface area contributed by atoms with Gasteiger partial charge in [0, 0.05) is 10.7 Å². The number of halogens is 1. The molecule has 92 valence electrons. The second-order valence-electron chi connectivity index (χ2n) is 3.74. The number of aromatic nitrogens is 2. The number of benzene rings is 1. The number of nitrogens with two attached hydrogens (primary N) is 1. The Labute approximate surface area is 109 Å². The summed E-state index contributed by atoms with van der Waals surface area (Å²) in [5, 5.41) is 3.26. The molecular weight excluding hydrogens is 252 g/mol. The molecule has 0 spiro atoms. The smallest absolute Gasteiger partial charge is 0.275 e. The average Bonchev–Trinajstić information content (AvgIpc) is 2.34. The van der Waals surface area contributed by atoms with E-state index < -0.39 is 0 Å². The van der Waals surface area contributed by atoms with Crippen molar-refractivity contribution in [1.29, 1.82) is 0 Å². The Kier molecular flexibility index (Phi) is 3.43. The highest BCUT2D eigenvalue weighted by Crippen LogP contribution is 2.20. The summed E-state index contributed by atoms with van der Waals surface area (Å²) >= 11 is 5.87. The van der Waals surface area contributed by atoms with Crippen LogP contribution >= 0.6 is 11.6 Å². The zero-order valence-electron chi connectivity index (χ0n) is 9.64. The number of hydrogen-bond donors (Lipinski definition) is 2. The standard InChI is InChI=1S/C12H11ClN4O/c1-7-2-3-8(13)4-9(7)17-12(18)10-5-15-6-11(14)16-10/h2-6H,1H3,(H2,14,16)(H,17,18). The van der Waals surface area contributed by atoms with E-state index in [0.717, 1.165) is 5.56 Å². The molecule has 0 aliphatic carbocycles. The van der Waals surface area contributed by atoms with Crippen molar-refractivity contribution in [3.63, 3.8) is 0 Å². The van der Waals surface area contributed by atoms with Crippen LogP contribution in [0.1, 0.15) is 16.1 Å². The number of nitrogens with one attached hydrogen (secondary N) is 1. The number of carbonyl (C=O) groups excluding carboxylic acids is 1. The molecule has 1 amide bonds. The van der Waals surface area contributed by atoms with Crippen molar-refractivity contribution in [3.05, 3.63) is 46.9 Å². The van der Waals surface area contributed by atoms with Crippen molar-refractivity contribution in [1.82, 2.24) is 9.97 Å². The van der Waals surface area contributed by atoms with Gasteiger partial charge in [-0.1, -0.05) is 17.7 Å². The Morgan fingerprint density at radius 3 is 2.89 bits per heavy atom. The molecule has 0 radical (unpaired) electrons. The number of hydrogen-bond acceptors (Lipinski definition) is 4. The molecule has 18 heavy (non-hydrogen) atoms. The molecule has 1 aromatic carbocycles. The minimum Gasteiger partial charge on any atom is -0.382 e. The topological polar surface area (TPSA) is 80.9 Å². The summed E-state index contributed by atoms with van der Waals surface area (Å²) in [5.74, 6) is -0.175. The molecule has 0 fully saturated rings. The summed E-state index contributed by atoms with van der Waals surface area (Å²) in [6.07, 6.45) is 2.73. The molecule has 3 N–H and O–H groups in total. The van der Waals surface area contributed by atoms with Crippen LogP contribution < -0.4 is 11.1 Å². The predicted molar refractivity (Wildman–Crippen MR) is 70.6 cm³/mol. The fourth-order valence-corrected chi connectivity index (χ4v) is 1.58. The maximum Gasteiger partial charge on any atom is 0.275 e. The summed E-state index contributed by atoms with van der Waals surface area (Å²) in [7, 11) is 0. The van der Waals surface area contributed by atoms with Gasteiger partial charge in [0.25, 0.3) is 5.91 Å². The molecule has 0 unspecified atom stereocenters. The number of rotatable bonds is 2. The van der Waals surface area contributed by atoms with Gasteiger partial charge in [0.05, 0.1) is 12.4 Å². The van der Waals surface area contributed by atoms with Crippen molar-refractivity contribution in [2.45, 2.75) is 6.92 Å². The van der Waals surface area contributed by atoms with Crippen LogP contribution in [-0.4, -0.2) is 15.9 Å². The number of nitrogens with zero attached hydrogens (tertiary/aromatic N) is 2. The molecular formula is C12H11ClN4O. The molecule has 0 atom stereocenters. The second kappa shape index (κ2) is 5.01. The lowest BCUT2D eigenvalue weighted by Gasteiger charge is -2.08. The van der Waals surface area contributed by atoms with Gasteiger partial charge in [0.1, 0.15) is 11.5 Å². The monoisotopic (exact) mass is 262 g/mol. The van der Waals surface area contributed by atoms with Gasteiger partial charge in [-0.2, -0.15) is 0 Å². The van der Waals surface area contributed by atoms with Gasteiger partial charge in [-0.25, -0.2) is 4.98 Å². The molecule has 1 heterocycles. The normalized spacial score (nSPS) is 10.1. The number of amides is 1. The first-order valence-electron chi connectivity index (χ1n) is 5.21. The molecule has 1 aromatic heterocycles. The Balaban J connectivity index is 2.24. The van der Waals surface area contributed by atoms with Gasteiger partial charge < -0.3 is 11.1 Å². The highest BCUT2D eigenvalue weighted by atomic mass is 35.5. The van der Waals surface area contributed by atoms with E-state index in [0.29, 0.717) is 10.7 Å². The summed E-state index contributed by atoms with van der Waals surface area (Å²) in [6, 6.07) is 5.25. The van der Waals surface area contributed by atoms with Crippen LogP contribution in [0, 0.1) is 6.92 Å². The lowest BCUT2D eigenvalue weighted by Crippen LogP contribution is -2.15. The third kappa shape index (κ3) is 2.75. The van der Waals surface area contributed by atoms with Crippen molar-refractivity contribution in [2.24, 2.45) is 0 Å². The van der Waals surface area contributed by atoms with Crippen LogP contribution in [0.4, 0.5) is 11.5 Å². The van der Waals surface area contributed by atoms with Gasteiger partial charge >= 0.3 is 0 Å². The molecule has 0 bridgehead atoms. The van der Waals surface area contributed by atoms with Crippen molar-refractivity contribution in [2.75, 3.05) is 11.1 Å². The van der Waals surface area contributed by atoms with Crippen LogP contribution in [0.2, 0.25) is 5.02 Å².